The molecule has 2 nitrogen and oxygen atoms in total. The third-order valence-electron chi connectivity index (χ3n) is 8.21. The molecular weight excluding hydrogens is 246 g/mol. The van der Waals surface area contributed by atoms with Crippen molar-refractivity contribution in [1.29, 1.82) is 0 Å². The smallest absolute Gasteiger partial charge is 0.0664 e. The Balaban J connectivity index is 1.75. The Bertz CT molecular complexity index is 387. The van der Waals surface area contributed by atoms with Gasteiger partial charge in [0.2, 0.25) is 0 Å². The summed E-state index contributed by atoms with van der Waals surface area (Å²) in [5, 5.41) is 0. The Morgan fingerprint density at radius 3 is 2.10 bits per heavy atom. The average molecular weight is 279 g/mol. The Morgan fingerprint density at radius 1 is 1.05 bits per heavy atom. The van der Waals surface area contributed by atoms with Crippen molar-refractivity contribution in [3.05, 3.63) is 0 Å². The minimum absolute atomic E-state index is 0.252. The highest BCUT2D eigenvalue weighted by molar-refractivity contribution is 5.13. The van der Waals surface area contributed by atoms with Gasteiger partial charge in [-0.3, -0.25) is 0 Å². The van der Waals surface area contributed by atoms with Crippen LogP contribution in [0.4, 0.5) is 0 Å². The summed E-state index contributed by atoms with van der Waals surface area (Å²) < 4.78 is 6.71. The van der Waals surface area contributed by atoms with E-state index in [4.69, 9.17) is 10.5 Å². The summed E-state index contributed by atoms with van der Waals surface area (Å²) in [7, 11) is 0. The van der Waals surface area contributed by atoms with Crippen LogP contribution in [0.3, 0.4) is 0 Å². The third-order valence-corrected chi connectivity index (χ3v) is 8.21. The summed E-state index contributed by atoms with van der Waals surface area (Å²) in [6.07, 6.45) is 8.28. The Morgan fingerprint density at radius 2 is 1.70 bits per heavy atom. The molecule has 0 saturated heterocycles. The minimum atomic E-state index is 0.252. The van der Waals surface area contributed by atoms with Crippen molar-refractivity contribution >= 4 is 0 Å². The van der Waals surface area contributed by atoms with Crippen molar-refractivity contribution in [1.82, 2.24) is 0 Å². The topological polar surface area (TPSA) is 35.2 Å². The lowest BCUT2D eigenvalue weighted by molar-refractivity contribution is -0.187. The largest absolute Gasteiger partial charge is 0.374 e. The molecule has 2 heteroatoms. The van der Waals surface area contributed by atoms with E-state index in [-0.39, 0.29) is 5.41 Å². The van der Waals surface area contributed by atoms with Crippen LogP contribution in [0.1, 0.15) is 73.1 Å². The van der Waals surface area contributed by atoms with Gasteiger partial charge in [-0.1, -0.05) is 34.6 Å². The molecule has 0 spiro atoms. The van der Waals surface area contributed by atoms with Crippen molar-refractivity contribution in [3.63, 3.8) is 0 Å². The molecule has 20 heavy (non-hydrogen) atoms. The Kier molecular flexibility index (Phi) is 3.31. The second-order valence-corrected chi connectivity index (χ2v) is 8.51. The van der Waals surface area contributed by atoms with Gasteiger partial charge < -0.3 is 10.5 Å². The summed E-state index contributed by atoms with van der Waals surface area (Å²) in [5.74, 6) is 0.865. The van der Waals surface area contributed by atoms with E-state index in [0.29, 0.717) is 29.1 Å². The SMILES string of the molecule is CCC1(CC)C(N)CC1OC1CC2CCC1(C)C2(C)C. The zero-order chi connectivity index (χ0) is 14.8. The number of nitrogens with two attached hydrogens (primary N) is 1. The van der Waals surface area contributed by atoms with E-state index < -0.39 is 0 Å². The molecule has 3 saturated carbocycles. The molecule has 2 bridgehead atoms. The molecule has 0 radical (unpaired) electrons. The summed E-state index contributed by atoms with van der Waals surface area (Å²) in [6, 6.07) is 0.349. The molecule has 2 N–H and O–H groups in total. The van der Waals surface area contributed by atoms with Crippen LogP contribution in [-0.2, 0) is 4.74 Å². The molecular formula is C18H33NO. The molecule has 3 aliphatic rings. The van der Waals surface area contributed by atoms with Crippen molar-refractivity contribution in [2.24, 2.45) is 27.9 Å². The molecule has 0 aromatic heterocycles. The first-order valence-corrected chi connectivity index (χ1v) is 8.73. The van der Waals surface area contributed by atoms with Crippen LogP contribution >= 0.6 is 0 Å². The lowest BCUT2D eigenvalue weighted by atomic mass is 9.59. The zero-order valence-corrected chi connectivity index (χ0v) is 14.0. The first kappa shape index (κ1) is 14.8. The van der Waals surface area contributed by atoms with E-state index in [0.717, 1.165) is 25.2 Å². The van der Waals surface area contributed by atoms with Gasteiger partial charge in [0, 0.05) is 11.5 Å². The van der Waals surface area contributed by atoms with E-state index in [2.05, 4.69) is 34.6 Å². The lowest BCUT2D eigenvalue weighted by Crippen LogP contribution is -2.63. The quantitative estimate of drug-likeness (QED) is 0.840. The predicted octanol–water partition coefficient (Wildman–Crippen LogP) is 4.12. The maximum atomic E-state index is 6.71. The number of fused-ring (bicyclic) bond motifs is 2. The van der Waals surface area contributed by atoms with Crippen LogP contribution in [0.15, 0.2) is 0 Å². The van der Waals surface area contributed by atoms with Crippen molar-refractivity contribution in [3.8, 4) is 0 Å². The van der Waals surface area contributed by atoms with Gasteiger partial charge in [-0.05, 0) is 55.3 Å². The summed E-state index contributed by atoms with van der Waals surface area (Å²) in [4.78, 5) is 0. The van der Waals surface area contributed by atoms with Gasteiger partial charge in [0.25, 0.3) is 0 Å². The van der Waals surface area contributed by atoms with Crippen LogP contribution in [-0.4, -0.2) is 18.2 Å². The first-order valence-electron chi connectivity index (χ1n) is 8.73. The molecule has 0 aromatic carbocycles. The van der Waals surface area contributed by atoms with Gasteiger partial charge >= 0.3 is 0 Å². The fourth-order valence-electron chi connectivity index (χ4n) is 5.73. The molecule has 0 aliphatic heterocycles. The number of rotatable bonds is 4. The molecule has 0 amide bonds. The van der Waals surface area contributed by atoms with Crippen molar-refractivity contribution in [2.45, 2.75) is 91.4 Å². The lowest BCUT2D eigenvalue weighted by Gasteiger charge is -2.56. The van der Waals surface area contributed by atoms with E-state index in [1.807, 2.05) is 0 Å². The first-order chi connectivity index (χ1) is 9.31. The normalized spacial score (nSPS) is 48.3. The second-order valence-electron chi connectivity index (χ2n) is 8.51. The maximum Gasteiger partial charge on any atom is 0.0664 e. The fourth-order valence-corrected chi connectivity index (χ4v) is 5.73. The van der Waals surface area contributed by atoms with Gasteiger partial charge in [0.15, 0.2) is 0 Å². The molecule has 3 fully saturated rings. The molecule has 5 atom stereocenters. The zero-order valence-electron chi connectivity index (χ0n) is 14.0. The van der Waals surface area contributed by atoms with Gasteiger partial charge in [0.05, 0.1) is 12.2 Å². The second kappa shape index (κ2) is 4.46. The highest BCUT2D eigenvalue weighted by atomic mass is 16.5. The van der Waals surface area contributed by atoms with Gasteiger partial charge in [-0.15, -0.1) is 0 Å². The fraction of sp³-hybridized carbons (Fsp3) is 1.00. The summed E-state index contributed by atoms with van der Waals surface area (Å²) in [6.45, 7) is 12.0. The molecule has 3 aliphatic carbocycles. The molecule has 0 aromatic rings. The molecule has 3 rings (SSSR count). The highest BCUT2D eigenvalue weighted by Gasteiger charge is 2.63. The average Bonchev–Trinajstić information content (AvgIpc) is 2.73. The van der Waals surface area contributed by atoms with E-state index in [1.54, 1.807) is 0 Å². The highest BCUT2D eigenvalue weighted by Crippen LogP contribution is 2.67. The van der Waals surface area contributed by atoms with Crippen LogP contribution in [0.2, 0.25) is 0 Å². The number of hydrogen-bond acceptors (Lipinski definition) is 2. The molecule has 0 heterocycles. The Labute approximate surface area is 124 Å². The van der Waals surface area contributed by atoms with E-state index in [1.165, 1.54) is 19.3 Å². The minimum Gasteiger partial charge on any atom is -0.374 e. The summed E-state index contributed by atoms with van der Waals surface area (Å²) >= 11 is 0. The standard InChI is InChI=1S/C18H33NO/c1-6-18(7-2)13(19)11-15(18)20-14-10-12-8-9-17(14,5)16(12,3)4/h12-15H,6-11,19H2,1-5H3. The summed E-state index contributed by atoms with van der Waals surface area (Å²) in [5.41, 5.74) is 7.41. The molecule has 5 unspecified atom stereocenters. The van der Waals surface area contributed by atoms with Crippen LogP contribution < -0.4 is 5.73 Å². The monoisotopic (exact) mass is 279 g/mol. The van der Waals surface area contributed by atoms with Gasteiger partial charge in [-0.2, -0.15) is 0 Å². The van der Waals surface area contributed by atoms with E-state index in [9.17, 15) is 0 Å². The Hall–Kier alpha value is -0.0800. The third kappa shape index (κ3) is 1.58. The van der Waals surface area contributed by atoms with Gasteiger partial charge in [0.1, 0.15) is 0 Å². The predicted molar refractivity (Wildman–Crippen MR) is 83.5 cm³/mol. The van der Waals surface area contributed by atoms with Crippen molar-refractivity contribution < 1.29 is 4.74 Å². The van der Waals surface area contributed by atoms with E-state index >= 15 is 0 Å². The van der Waals surface area contributed by atoms with Gasteiger partial charge in [-0.25, -0.2) is 0 Å². The maximum absolute atomic E-state index is 6.71. The molecule has 116 valence electrons. The van der Waals surface area contributed by atoms with Crippen molar-refractivity contribution in [2.75, 3.05) is 0 Å². The van der Waals surface area contributed by atoms with Crippen LogP contribution in [0, 0.1) is 22.2 Å². The number of hydrogen-bond donors (Lipinski definition) is 1. The number of ether oxygens (including phenoxy) is 1. The van der Waals surface area contributed by atoms with Crippen LogP contribution in [0.5, 0.6) is 0 Å². The van der Waals surface area contributed by atoms with Crippen LogP contribution in [0.25, 0.3) is 0 Å².